The molecule has 0 aliphatic rings. The number of thioether (sulfide) groups is 1. The second-order valence-electron chi connectivity index (χ2n) is 3.57. The molecule has 0 amide bonds. The minimum atomic E-state index is -0.967. The summed E-state index contributed by atoms with van der Waals surface area (Å²) in [6, 6.07) is 10.9. The molecule has 5 heteroatoms. The van der Waals surface area contributed by atoms with Gasteiger partial charge in [-0.25, -0.2) is 9.78 Å². The van der Waals surface area contributed by atoms with Crippen LogP contribution in [0.1, 0.15) is 15.9 Å². The summed E-state index contributed by atoms with van der Waals surface area (Å²) < 4.78 is 0. The Bertz CT molecular complexity index is 557. The van der Waals surface area contributed by atoms with E-state index in [9.17, 15) is 4.79 Å². The zero-order valence-electron chi connectivity index (χ0n) is 9.34. The van der Waals surface area contributed by atoms with Gasteiger partial charge in [0.15, 0.2) is 0 Å². The van der Waals surface area contributed by atoms with Crippen molar-refractivity contribution in [2.45, 2.75) is 10.8 Å². The molecule has 0 atom stereocenters. The number of aromatic carboxylic acids is 1. The lowest BCUT2D eigenvalue weighted by atomic mass is 10.2. The molecule has 0 unspecified atom stereocenters. The highest BCUT2D eigenvalue weighted by Gasteiger charge is 2.04. The summed E-state index contributed by atoms with van der Waals surface area (Å²) in [7, 11) is 0. The average molecular weight is 280 g/mol. The van der Waals surface area contributed by atoms with Crippen LogP contribution < -0.4 is 0 Å². The third-order valence-corrected chi connectivity index (χ3v) is 3.68. The summed E-state index contributed by atoms with van der Waals surface area (Å²) in [5.41, 5.74) is 1.23. The van der Waals surface area contributed by atoms with Crippen molar-refractivity contribution in [2.75, 3.05) is 0 Å². The van der Waals surface area contributed by atoms with Crippen molar-refractivity contribution in [2.24, 2.45) is 0 Å². The molecule has 0 spiro atoms. The fourth-order valence-electron chi connectivity index (χ4n) is 1.36. The van der Waals surface area contributed by atoms with Crippen molar-refractivity contribution in [3.05, 3.63) is 58.7 Å². The van der Waals surface area contributed by atoms with Gasteiger partial charge in [0.1, 0.15) is 0 Å². The summed E-state index contributed by atoms with van der Waals surface area (Å²) in [6.45, 7) is 0. The van der Waals surface area contributed by atoms with Crippen LogP contribution in [0, 0.1) is 0 Å². The van der Waals surface area contributed by atoms with Crippen LogP contribution in [-0.4, -0.2) is 16.1 Å². The molecule has 0 saturated carbocycles. The molecule has 1 heterocycles. The van der Waals surface area contributed by atoms with E-state index in [0.717, 1.165) is 15.6 Å². The Morgan fingerprint density at radius 2 is 2.06 bits per heavy atom. The number of nitrogens with zero attached hydrogens (tertiary/aromatic N) is 1. The lowest BCUT2D eigenvalue weighted by Gasteiger charge is -2.03. The number of halogens is 1. The molecule has 0 saturated heterocycles. The van der Waals surface area contributed by atoms with E-state index in [-0.39, 0.29) is 5.56 Å². The van der Waals surface area contributed by atoms with Gasteiger partial charge in [0.25, 0.3) is 0 Å². The van der Waals surface area contributed by atoms with Gasteiger partial charge in [-0.1, -0.05) is 29.8 Å². The maximum atomic E-state index is 10.7. The first kappa shape index (κ1) is 12.9. The fraction of sp³-hybridized carbons (Fsp3) is 0.0769. The first-order chi connectivity index (χ1) is 8.66. The maximum absolute atomic E-state index is 10.7. The zero-order chi connectivity index (χ0) is 13.0. The molecule has 0 fully saturated rings. The molecule has 1 aromatic carbocycles. The molecule has 2 rings (SSSR count). The average Bonchev–Trinajstić information content (AvgIpc) is 2.38. The predicted molar refractivity (Wildman–Crippen MR) is 72.2 cm³/mol. The SMILES string of the molecule is O=C(O)c1ccc(SCc2ccccc2Cl)nc1. The highest BCUT2D eigenvalue weighted by Crippen LogP contribution is 2.25. The molecule has 18 heavy (non-hydrogen) atoms. The van der Waals surface area contributed by atoms with Crippen LogP contribution in [0.3, 0.4) is 0 Å². The number of carboxylic acids is 1. The van der Waals surface area contributed by atoms with E-state index in [4.69, 9.17) is 16.7 Å². The molecule has 0 aliphatic heterocycles. The Kier molecular flexibility index (Phi) is 4.23. The molecule has 0 bridgehead atoms. The highest BCUT2D eigenvalue weighted by atomic mass is 35.5. The summed E-state index contributed by atoms with van der Waals surface area (Å²) >= 11 is 7.57. The van der Waals surface area contributed by atoms with Crippen LogP contribution in [0.15, 0.2) is 47.6 Å². The Morgan fingerprint density at radius 1 is 1.28 bits per heavy atom. The lowest BCUT2D eigenvalue weighted by Crippen LogP contribution is -1.96. The van der Waals surface area contributed by atoms with Crippen molar-refractivity contribution in [3.63, 3.8) is 0 Å². The third kappa shape index (κ3) is 3.24. The second-order valence-corrected chi connectivity index (χ2v) is 4.97. The van der Waals surface area contributed by atoms with Crippen LogP contribution in [0.25, 0.3) is 0 Å². The molecule has 1 N–H and O–H groups in total. The summed E-state index contributed by atoms with van der Waals surface area (Å²) in [5.74, 6) is -0.260. The minimum Gasteiger partial charge on any atom is -0.478 e. The van der Waals surface area contributed by atoms with Crippen molar-refractivity contribution < 1.29 is 9.90 Å². The van der Waals surface area contributed by atoms with Gasteiger partial charge in [0.05, 0.1) is 10.6 Å². The number of hydrogen-bond donors (Lipinski definition) is 1. The number of pyridine rings is 1. The number of aromatic nitrogens is 1. The molecule has 3 nitrogen and oxygen atoms in total. The molecule has 0 radical (unpaired) electrons. The quantitative estimate of drug-likeness (QED) is 0.867. The smallest absolute Gasteiger partial charge is 0.337 e. The molecular formula is C13H10ClNO2S. The van der Waals surface area contributed by atoms with E-state index in [1.54, 1.807) is 12.1 Å². The highest BCUT2D eigenvalue weighted by molar-refractivity contribution is 7.98. The summed E-state index contributed by atoms with van der Waals surface area (Å²) in [5, 5.41) is 10.3. The normalized spacial score (nSPS) is 10.3. The van der Waals surface area contributed by atoms with Gasteiger partial charge in [0, 0.05) is 17.0 Å². The Balaban J connectivity index is 2.02. The number of benzene rings is 1. The minimum absolute atomic E-state index is 0.192. The largest absolute Gasteiger partial charge is 0.478 e. The number of carbonyl (C=O) groups is 1. The van der Waals surface area contributed by atoms with E-state index in [2.05, 4.69) is 4.98 Å². The molecule has 92 valence electrons. The monoisotopic (exact) mass is 279 g/mol. The zero-order valence-corrected chi connectivity index (χ0v) is 10.9. The summed E-state index contributed by atoms with van der Waals surface area (Å²) in [4.78, 5) is 14.8. The topological polar surface area (TPSA) is 50.2 Å². The van der Waals surface area contributed by atoms with Crippen LogP contribution in [0.4, 0.5) is 0 Å². The summed E-state index contributed by atoms with van der Waals surface area (Å²) in [6.07, 6.45) is 1.36. The Labute approximate surface area is 114 Å². The van der Waals surface area contributed by atoms with Gasteiger partial charge >= 0.3 is 5.97 Å². The van der Waals surface area contributed by atoms with E-state index in [1.807, 2.05) is 24.3 Å². The van der Waals surface area contributed by atoms with Gasteiger partial charge < -0.3 is 5.11 Å². The number of rotatable bonds is 4. The van der Waals surface area contributed by atoms with Gasteiger partial charge in [-0.3, -0.25) is 0 Å². The van der Waals surface area contributed by atoms with Gasteiger partial charge in [-0.05, 0) is 23.8 Å². The Morgan fingerprint density at radius 3 is 2.67 bits per heavy atom. The van der Waals surface area contributed by atoms with E-state index < -0.39 is 5.97 Å². The van der Waals surface area contributed by atoms with Crippen molar-refractivity contribution in [3.8, 4) is 0 Å². The lowest BCUT2D eigenvalue weighted by molar-refractivity contribution is 0.0696. The van der Waals surface area contributed by atoms with Crippen LogP contribution in [0.5, 0.6) is 0 Å². The Hall–Kier alpha value is -1.52. The fourth-order valence-corrected chi connectivity index (χ4v) is 2.49. The first-order valence-corrected chi connectivity index (χ1v) is 6.59. The van der Waals surface area contributed by atoms with Gasteiger partial charge in [0.2, 0.25) is 0 Å². The van der Waals surface area contributed by atoms with Crippen LogP contribution >= 0.6 is 23.4 Å². The standard InChI is InChI=1S/C13H10ClNO2S/c14-11-4-2-1-3-10(11)8-18-12-6-5-9(7-15-12)13(16)17/h1-7H,8H2,(H,16,17). The third-order valence-electron chi connectivity index (χ3n) is 2.32. The number of hydrogen-bond acceptors (Lipinski definition) is 3. The molecular weight excluding hydrogens is 270 g/mol. The molecule has 0 aliphatic carbocycles. The van der Waals surface area contributed by atoms with Crippen molar-refractivity contribution in [1.29, 1.82) is 0 Å². The van der Waals surface area contributed by atoms with E-state index in [1.165, 1.54) is 18.0 Å². The molecule has 2 aromatic rings. The number of carboxylic acid groups (broad SMARTS) is 1. The van der Waals surface area contributed by atoms with Gasteiger partial charge in [-0.15, -0.1) is 11.8 Å². The predicted octanol–water partition coefficient (Wildman–Crippen LogP) is 3.73. The van der Waals surface area contributed by atoms with E-state index >= 15 is 0 Å². The second kappa shape index (κ2) is 5.89. The maximum Gasteiger partial charge on any atom is 0.337 e. The van der Waals surface area contributed by atoms with Crippen molar-refractivity contribution >= 4 is 29.3 Å². The van der Waals surface area contributed by atoms with Crippen LogP contribution in [0.2, 0.25) is 5.02 Å². The van der Waals surface area contributed by atoms with Crippen molar-refractivity contribution in [1.82, 2.24) is 4.98 Å². The van der Waals surface area contributed by atoms with Gasteiger partial charge in [-0.2, -0.15) is 0 Å². The first-order valence-electron chi connectivity index (χ1n) is 5.22. The molecule has 1 aromatic heterocycles. The van der Waals surface area contributed by atoms with Crippen LogP contribution in [-0.2, 0) is 5.75 Å². The van der Waals surface area contributed by atoms with E-state index in [0.29, 0.717) is 5.75 Å².